The summed E-state index contributed by atoms with van der Waals surface area (Å²) in [5, 5.41) is 61.1. The zero-order valence-corrected chi connectivity index (χ0v) is 42.1. The van der Waals surface area contributed by atoms with Crippen molar-refractivity contribution in [3.05, 3.63) is 94.8 Å². The van der Waals surface area contributed by atoms with Gasteiger partial charge in [0.1, 0.15) is 11.6 Å². The molecule has 2 aromatic carbocycles. The van der Waals surface area contributed by atoms with Crippen LogP contribution in [-0.2, 0) is 29.6 Å². The predicted octanol–water partition coefficient (Wildman–Crippen LogP) is 1.75. The molecule has 4 atom stereocenters. The third kappa shape index (κ3) is 18.1. The predicted molar refractivity (Wildman–Crippen MR) is 246 cm³/mol. The Labute approximate surface area is 418 Å². The number of carboxylic acid groups (broad SMARTS) is 2. The summed E-state index contributed by atoms with van der Waals surface area (Å²) in [5.41, 5.74) is 3.52. The number of aliphatic carboxylic acids is 2. The van der Waals surface area contributed by atoms with Crippen molar-refractivity contribution in [1.82, 2.24) is 19.9 Å². The fourth-order valence-electron chi connectivity index (χ4n) is 6.07. The maximum absolute atomic E-state index is 13.5. The molecule has 0 radical (unpaired) electrons. The van der Waals surface area contributed by atoms with Crippen LogP contribution >= 0.6 is 0 Å². The summed E-state index contributed by atoms with van der Waals surface area (Å²) in [5.74, 6) is -4.28. The minimum atomic E-state index is -3.66. The molecular weight excluding hydrogens is 947 g/mol. The number of halogens is 2. The molecule has 0 aliphatic carbocycles. The minimum absolute atomic E-state index is 0. The van der Waals surface area contributed by atoms with Crippen molar-refractivity contribution in [1.29, 1.82) is 0 Å². The van der Waals surface area contributed by atoms with Gasteiger partial charge in [-0.05, 0) is 60.4 Å². The number of carboxylic acids is 2. The van der Waals surface area contributed by atoms with Crippen LogP contribution in [0.25, 0.3) is 34.7 Å². The van der Waals surface area contributed by atoms with Gasteiger partial charge in [0.15, 0.2) is 0 Å². The molecule has 2 aromatic heterocycles. The molecule has 23 heteroatoms. The first-order valence-electron chi connectivity index (χ1n) is 20.3. The summed E-state index contributed by atoms with van der Waals surface area (Å²) in [7, 11) is -4.67. The van der Waals surface area contributed by atoms with Crippen molar-refractivity contribution in [3.8, 4) is 22.5 Å². The van der Waals surface area contributed by atoms with Crippen LogP contribution in [0.2, 0.25) is 0 Å². The maximum atomic E-state index is 13.5. The van der Waals surface area contributed by atoms with E-state index in [4.69, 9.17) is 0 Å². The van der Waals surface area contributed by atoms with Gasteiger partial charge in [0.2, 0.25) is 31.9 Å². The van der Waals surface area contributed by atoms with E-state index in [2.05, 4.69) is 19.9 Å². The van der Waals surface area contributed by atoms with Gasteiger partial charge in [0, 0.05) is 74.0 Å². The molecule has 67 heavy (non-hydrogen) atoms. The Morgan fingerprint density at radius 1 is 0.612 bits per heavy atom. The fraction of sp³-hybridized carbons (Fsp3) is 0.409. The molecule has 0 saturated carbocycles. The number of aromatic nitrogens is 4. The van der Waals surface area contributed by atoms with Crippen molar-refractivity contribution >= 4 is 93.8 Å². The first-order valence-corrected chi connectivity index (χ1v) is 24.0. The minimum Gasteiger partial charge on any atom is -0.550 e. The molecule has 4 N–H and O–H groups in total. The monoisotopic (exact) mass is 1000 g/mol. The number of hydrogen-bond donors (Lipinski definition) is 4. The van der Waals surface area contributed by atoms with Crippen molar-refractivity contribution in [2.24, 2.45) is 0 Å². The largest absolute Gasteiger partial charge is 2.00 e. The molecule has 0 fully saturated rings. The number of anilines is 2. The van der Waals surface area contributed by atoms with E-state index in [-0.39, 0.29) is 74.3 Å². The summed E-state index contributed by atoms with van der Waals surface area (Å²) in [6.07, 6.45) is 1.16. The van der Waals surface area contributed by atoms with Crippen LogP contribution in [0.3, 0.4) is 0 Å². The van der Waals surface area contributed by atoms with Gasteiger partial charge >= 0.3 is 37.7 Å². The summed E-state index contributed by atoms with van der Waals surface area (Å²) < 4.78 is 77.1. The molecular formula is C44H54CaF2N6O12S2. The van der Waals surface area contributed by atoms with Crippen molar-refractivity contribution in [2.45, 2.75) is 89.6 Å². The van der Waals surface area contributed by atoms with E-state index in [0.717, 1.165) is 21.1 Å². The van der Waals surface area contributed by atoms with Gasteiger partial charge in [-0.25, -0.2) is 54.2 Å². The van der Waals surface area contributed by atoms with Gasteiger partial charge in [-0.1, -0.05) is 52.0 Å². The normalized spacial score (nSPS) is 13.7. The fourth-order valence-corrected chi connectivity index (χ4v) is 6.83. The maximum Gasteiger partial charge on any atom is 2.00 e. The van der Waals surface area contributed by atoms with E-state index < -0.39 is 80.9 Å². The Kier molecular flexibility index (Phi) is 22.5. The van der Waals surface area contributed by atoms with E-state index in [9.17, 15) is 65.8 Å². The van der Waals surface area contributed by atoms with Crippen molar-refractivity contribution in [3.63, 3.8) is 0 Å². The van der Waals surface area contributed by atoms with Gasteiger partial charge < -0.3 is 40.2 Å². The molecule has 18 nitrogen and oxygen atoms in total. The smallest absolute Gasteiger partial charge is 0.550 e. The number of aliphatic hydroxyl groups excluding tert-OH is 4. The molecule has 4 rings (SSSR count). The van der Waals surface area contributed by atoms with E-state index in [0.29, 0.717) is 45.0 Å². The standard InChI is InChI=1S/2C22H28FN3O6S.Ca/c2*1-13(2)20-18(10-9-16(27)11-17(28)12-19(29)30)21(14-5-7-15(23)8-6-14)25-22(24-20)26(3)33(4,31)32;/h2*5-10,13,16-17,27-28H,11-12H2,1-4H3,(H,29,30);/q;;+2/p-2/b2*10-9-;/t16-,17-;;/m1../s1. The molecule has 0 aliphatic rings. The van der Waals surface area contributed by atoms with E-state index >= 15 is 0 Å². The number of benzene rings is 2. The molecule has 0 saturated heterocycles. The second kappa shape index (κ2) is 25.7. The molecule has 0 amide bonds. The zero-order chi connectivity index (χ0) is 49.8. The van der Waals surface area contributed by atoms with Gasteiger partial charge in [-0.3, -0.25) is 0 Å². The van der Waals surface area contributed by atoms with E-state index in [1.54, 1.807) is 0 Å². The number of hydrogen-bond acceptors (Lipinski definition) is 16. The Morgan fingerprint density at radius 2 is 0.910 bits per heavy atom. The van der Waals surface area contributed by atoms with Gasteiger partial charge in [-0.2, -0.15) is 0 Å². The van der Waals surface area contributed by atoms with Crippen molar-refractivity contribution in [2.75, 3.05) is 35.2 Å². The van der Waals surface area contributed by atoms with Crippen LogP contribution < -0.4 is 18.8 Å². The van der Waals surface area contributed by atoms with Gasteiger partial charge in [-0.15, -0.1) is 0 Å². The quantitative estimate of drug-likeness (QED) is 0.0918. The molecule has 0 aliphatic heterocycles. The second-order valence-electron chi connectivity index (χ2n) is 15.9. The molecule has 2 heterocycles. The van der Waals surface area contributed by atoms with Crippen LogP contribution in [0, 0.1) is 11.6 Å². The zero-order valence-electron chi connectivity index (χ0n) is 38.2. The third-order valence-corrected chi connectivity index (χ3v) is 11.9. The van der Waals surface area contributed by atoms with Crippen LogP contribution in [-0.4, -0.2) is 158 Å². The molecule has 2 unspecified atom stereocenters. The topological polar surface area (TPSA) is 287 Å². The van der Waals surface area contributed by atoms with Crippen LogP contribution in [0.4, 0.5) is 20.7 Å². The van der Waals surface area contributed by atoms with Gasteiger partial charge in [0.05, 0.1) is 59.7 Å². The molecule has 0 bridgehead atoms. The Balaban J connectivity index is 0.000000453. The van der Waals surface area contributed by atoms with E-state index in [1.165, 1.54) is 86.9 Å². The first kappa shape index (κ1) is 58.6. The first-order chi connectivity index (χ1) is 30.6. The Bertz CT molecular complexity index is 2430. The summed E-state index contributed by atoms with van der Waals surface area (Å²) in [4.78, 5) is 38.9. The summed E-state index contributed by atoms with van der Waals surface area (Å²) in [6, 6.07) is 10.9. The summed E-state index contributed by atoms with van der Waals surface area (Å²) in [6.45, 7) is 7.38. The number of sulfonamides is 2. The summed E-state index contributed by atoms with van der Waals surface area (Å²) >= 11 is 0. The third-order valence-electron chi connectivity index (χ3n) is 9.62. The average molecular weight is 1000 g/mol. The molecule has 360 valence electrons. The Hall–Kier alpha value is -4.52. The van der Waals surface area contributed by atoms with Crippen LogP contribution in [0.15, 0.2) is 60.7 Å². The second-order valence-corrected chi connectivity index (χ2v) is 19.9. The number of carbonyl (C=O) groups excluding carboxylic acids is 2. The SMILES string of the molecule is CC(C)c1nc(N(C)S(C)(=O)=O)nc(-c2ccc(F)cc2)c1/C=C\C(O)CC(O)CC(=O)[O-].CC(C)c1nc(N(C)S(C)(=O)=O)nc(-c2ccc(F)cc2)c1/C=C\[C@@H](O)C[C@@H](O)CC(=O)[O-].[Ca+2]. The van der Waals surface area contributed by atoms with Crippen LogP contribution in [0.1, 0.15) is 87.7 Å². The Morgan fingerprint density at radius 3 is 1.16 bits per heavy atom. The van der Waals surface area contributed by atoms with Gasteiger partial charge in [0.25, 0.3) is 0 Å². The van der Waals surface area contributed by atoms with Crippen LogP contribution in [0.5, 0.6) is 0 Å². The van der Waals surface area contributed by atoms with Crippen molar-refractivity contribution < 1.29 is 65.8 Å². The average Bonchev–Trinajstić information content (AvgIpc) is 3.20. The number of aliphatic hydroxyl groups is 4. The molecule has 0 spiro atoms. The number of nitrogens with zero attached hydrogens (tertiary/aromatic N) is 6. The molecule has 4 aromatic rings. The van der Waals surface area contributed by atoms with E-state index in [1.807, 2.05) is 27.7 Å². The number of carbonyl (C=O) groups is 2. The number of rotatable bonds is 20.